The number of amides is 2. The molecule has 0 saturated carbocycles. The number of oxazole rings is 1. The summed E-state index contributed by atoms with van der Waals surface area (Å²) in [5.74, 6) is 0.647. The van der Waals surface area contributed by atoms with E-state index in [0.29, 0.717) is 11.6 Å². The molecule has 2 amide bonds. The van der Waals surface area contributed by atoms with Crippen LogP contribution in [0.5, 0.6) is 0 Å². The van der Waals surface area contributed by atoms with Crippen molar-refractivity contribution in [1.82, 2.24) is 10.3 Å². The quantitative estimate of drug-likeness (QED) is 0.753. The fraction of sp³-hybridized carbons (Fsp3) is 0.333. The van der Waals surface area contributed by atoms with Gasteiger partial charge in [-0.05, 0) is 38.0 Å². The highest BCUT2D eigenvalue weighted by Gasteiger charge is 2.20. The molecule has 0 unspecified atom stereocenters. The van der Waals surface area contributed by atoms with Gasteiger partial charge in [-0.3, -0.25) is 0 Å². The number of nitrogens with zero attached hydrogens (tertiary/aromatic N) is 1. The van der Waals surface area contributed by atoms with Gasteiger partial charge in [-0.1, -0.05) is 18.2 Å². The van der Waals surface area contributed by atoms with Gasteiger partial charge in [0.15, 0.2) is 0 Å². The van der Waals surface area contributed by atoms with Crippen LogP contribution in [-0.4, -0.2) is 28.8 Å². The Kier molecular flexibility index (Phi) is 4.66. The van der Waals surface area contributed by atoms with Crippen LogP contribution in [-0.2, 0) is 0 Å². The Morgan fingerprint density at radius 2 is 2.21 bits per heavy atom. The highest BCUT2D eigenvalue weighted by Crippen LogP contribution is 2.25. The van der Waals surface area contributed by atoms with Crippen LogP contribution in [0.4, 0.5) is 10.5 Å². The number of hydrogen-bond donors (Lipinski definition) is 3. The molecule has 1 aliphatic rings. The molecule has 3 N–H and O–H groups in total. The van der Waals surface area contributed by atoms with Crippen molar-refractivity contribution < 1.29 is 14.3 Å². The van der Waals surface area contributed by atoms with Crippen molar-refractivity contribution in [3.63, 3.8) is 0 Å². The molecule has 6 heteroatoms. The van der Waals surface area contributed by atoms with Gasteiger partial charge < -0.3 is 20.2 Å². The molecular weight excluding hydrogens is 306 g/mol. The van der Waals surface area contributed by atoms with Gasteiger partial charge in [0.2, 0.25) is 5.89 Å². The number of nitrogens with one attached hydrogen (secondary N) is 2. The van der Waals surface area contributed by atoms with Crippen LogP contribution in [0.1, 0.15) is 17.7 Å². The number of aliphatic hydroxyl groups is 1. The number of aromatic nitrogens is 1. The molecule has 1 heterocycles. The lowest BCUT2D eigenvalue weighted by Gasteiger charge is -2.15. The topological polar surface area (TPSA) is 87.4 Å². The highest BCUT2D eigenvalue weighted by molar-refractivity contribution is 5.91. The number of anilines is 1. The molecule has 0 spiro atoms. The summed E-state index contributed by atoms with van der Waals surface area (Å²) in [5, 5.41) is 14.9. The average Bonchev–Trinajstić information content (AvgIpc) is 3.18. The first-order chi connectivity index (χ1) is 11.5. The molecule has 2 atom stereocenters. The van der Waals surface area contributed by atoms with Crippen molar-refractivity contribution in [3.05, 3.63) is 47.9 Å². The second-order valence-electron chi connectivity index (χ2n) is 6.09. The Bertz CT molecular complexity index is 767. The third kappa shape index (κ3) is 3.65. The molecule has 2 aromatic rings. The summed E-state index contributed by atoms with van der Waals surface area (Å²) in [6.45, 7) is 3.90. The summed E-state index contributed by atoms with van der Waals surface area (Å²) in [6.07, 6.45) is 6.17. The maximum absolute atomic E-state index is 12.2. The summed E-state index contributed by atoms with van der Waals surface area (Å²) in [7, 11) is 0. The fourth-order valence-electron chi connectivity index (χ4n) is 2.72. The van der Waals surface area contributed by atoms with Crippen molar-refractivity contribution in [2.75, 3.05) is 11.9 Å². The SMILES string of the molecule is Cc1coc(-c2ccc(C)c(NC(=O)N[C@@H]3C=C[C@H](CO)C3)c2)n1. The van der Waals surface area contributed by atoms with E-state index in [4.69, 9.17) is 9.52 Å². The van der Waals surface area contributed by atoms with E-state index < -0.39 is 0 Å². The van der Waals surface area contributed by atoms with Crippen LogP contribution < -0.4 is 10.6 Å². The van der Waals surface area contributed by atoms with E-state index in [-0.39, 0.29) is 24.6 Å². The van der Waals surface area contributed by atoms with Gasteiger partial charge in [0, 0.05) is 29.8 Å². The van der Waals surface area contributed by atoms with Gasteiger partial charge in [-0.15, -0.1) is 0 Å². The van der Waals surface area contributed by atoms with Crippen molar-refractivity contribution in [1.29, 1.82) is 0 Å². The van der Waals surface area contributed by atoms with E-state index in [1.54, 1.807) is 6.26 Å². The van der Waals surface area contributed by atoms with E-state index in [1.807, 2.05) is 44.2 Å². The number of carbonyl (C=O) groups is 1. The number of benzene rings is 1. The van der Waals surface area contributed by atoms with Crippen LogP contribution in [0.3, 0.4) is 0 Å². The lowest BCUT2D eigenvalue weighted by molar-refractivity contribution is 0.238. The minimum absolute atomic E-state index is 0.0555. The molecule has 1 aromatic carbocycles. The summed E-state index contributed by atoms with van der Waals surface area (Å²) in [4.78, 5) is 16.5. The molecule has 0 aliphatic heterocycles. The number of rotatable bonds is 4. The summed E-state index contributed by atoms with van der Waals surface area (Å²) in [5.41, 5.74) is 3.28. The van der Waals surface area contributed by atoms with Crippen LogP contribution >= 0.6 is 0 Å². The van der Waals surface area contributed by atoms with Crippen molar-refractivity contribution in [2.24, 2.45) is 5.92 Å². The van der Waals surface area contributed by atoms with Gasteiger partial charge >= 0.3 is 6.03 Å². The first kappa shape index (κ1) is 16.3. The smallest absolute Gasteiger partial charge is 0.319 e. The summed E-state index contributed by atoms with van der Waals surface area (Å²) in [6, 6.07) is 5.35. The number of aryl methyl sites for hydroxylation is 2. The minimum atomic E-state index is -0.271. The molecule has 0 saturated heterocycles. The fourth-order valence-corrected chi connectivity index (χ4v) is 2.72. The van der Waals surface area contributed by atoms with Crippen molar-refractivity contribution in [3.8, 4) is 11.5 Å². The first-order valence-corrected chi connectivity index (χ1v) is 7.95. The van der Waals surface area contributed by atoms with E-state index in [1.165, 1.54) is 0 Å². The van der Waals surface area contributed by atoms with Crippen LogP contribution in [0.15, 0.2) is 41.0 Å². The Morgan fingerprint density at radius 1 is 1.38 bits per heavy atom. The normalized spacial score (nSPS) is 19.5. The molecule has 1 aromatic heterocycles. The Hall–Kier alpha value is -2.60. The van der Waals surface area contributed by atoms with E-state index in [9.17, 15) is 4.79 Å². The predicted octanol–water partition coefficient (Wildman–Crippen LogP) is 3.02. The van der Waals surface area contributed by atoms with Crippen LogP contribution in [0, 0.1) is 19.8 Å². The van der Waals surface area contributed by atoms with Crippen molar-refractivity contribution >= 4 is 11.7 Å². The number of hydrogen-bond acceptors (Lipinski definition) is 4. The summed E-state index contributed by atoms with van der Waals surface area (Å²) >= 11 is 0. The second kappa shape index (κ2) is 6.88. The third-order valence-electron chi connectivity index (χ3n) is 4.07. The van der Waals surface area contributed by atoms with Crippen LogP contribution in [0.25, 0.3) is 11.5 Å². The van der Waals surface area contributed by atoms with E-state index in [2.05, 4.69) is 15.6 Å². The van der Waals surface area contributed by atoms with Crippen molar-refractivity contribution in [2.45, 2.75) is 26.3 Å². The Morgan fingerprint density at radius 3 is 2.88 bits per heavy atom. The number of urea groups is 1. The molecule has 0 bridgehead atoms. The number of aliphatic hydroxyl groups excluding tert-OH is 1. The highest BCUT2D eigenvalue weighted by atomic mass is 16.3. The first-order valence-electron chi connectivity index (χ1n) is 7.95. The Balaban J connectivity index is 1.68. The molecule has 1 aliphatic carbocycles. The van der Waals surface area contributed by atoms with Gasteiger partial charge in [0.1, 0.15) is 6.26 Å². The average molecular weight is 327 g/mol. The predicted molar refractivity (Wildman–Crippen MR) is 91.7 cm³/mol. The second-order valence-corrected chi connectivity index (χ2v) is 6.09. The standard InChI is InChI=1S/C18H21N3O3/c1-11-3-5-14(17-19-12(2)10-24-17)8-16(11)21-18(23)20-15-6-4-13(7-15)9-22/h3-6,8,10,13,15,22H,7,9H2,1-2H3,(H2,20,21,23)/t13-,15+/m0/s1. The lowest BCUT2D eigenvalue weighted by Crippen LogP contribution is -2.36. The Labute approximate surface area is 140 Å². The van der Waals surface area contributed by atoms with Gasteiger partial charge in [-0.25, -0.2) is 9.78 Å². The molecule has 3 rings (SSSR count). The third-order valence-corrected chi connectivity index (χ3v) is 4.07. The van der Waals surface area contributed by atoms with Crippen LogP contribution in [0.2, 0.25) is 0 Å². The maximum atomic E-state index is 12.2. The van der Waals surface area contributed by atoms with Gasteiger partial charge in [0.05, 0.1) is 5.69 Å². The van der Waals surface area contributed by atoms with Gasteiger partial charge in [0.25, 0.3) is 0 Å². The maximum Gasteiger partial charge on any atom is 0.319 e. The molecule has 0 fully saturated rings. The molecular formula is C18H21N3O3. The summed E-state index contributed by atoms with van der Waals surface area (Å²) < 4.78 is 5.41. The zero-order valence-corrected chi connectivity index (χ0v) is 13.7. The molecule has 0 radical (unpaired) electrons. The molecule has 6 nitrogen and oxygen atoms in total. The monoisotopic (exact) mass is 327 g/mol. The molecule has 126 valence electrons. The lowest BCUT2D eigenvalue weighted by atomic mass is 10.1. The number of carbonyl (C=O) groups excluding carboxylic acids is 1. The van der Waals surface area contributed by atoms with E-state index in [0.717, 1.165) is 23.2 Å². The zero-order chi connectivity index (χ0) is 17.1. The zero-order valence-electron chi connectivity index (χ0n) is 13.7. The largest absolute Gasteiger partial charge is 0.444 e. The van der Waals surface area contributed by atoms with Gasteiger partial charge in [-0.2, -0.15) is 0 Å². The van der Waals surface area contributed by atoms with E-state index >= 15 is 0 Å². The minimum Gasteiger partial charge on any atom is -0.444 e. The molecule has 24 heavy (non-hydrogen) atoms.